The molecule has 7 nitrogen and oxygen atoms in total. The van der Waals surface area contributed by atoms with Crippen LogP contribution in [0.2, 0.25) is 0 Å². The number of thioether (sulfide) groups is 1. The molecule has 2 amide bonds. The molecular weight excluding hydrogens is 417 g/mol. The van der Waals surface area contributed by atoms with E-state index >= 15 is 0 Å². The molecule has 1 aromatic heterocycles. The topological polar surface area (TPSA) is 88.9 Å². The van der Waals surface area contributed by atoms with E-state index in [-0.39, 0.29) is 29.4 Å². The van der Waals surface area contributed by atoms with Crippen molar-refractivity contribution >= 4 is 29.3 Å². The largest absolute Gasteiger partial charge is 0.342 e. The van der Waals surface area contributed by atoms with Crippen molar-refractivity contribution in [2.75, 3.05) is 11.1 Å². The van der Waals surface area contributed by atoms with Crippen LogP contribution in [0.1, 0.15) is 41.6 Å². The molecule has 0 aliphatic carbocycles. The smallest absolute Gasteiger partial charge is 0.251 e. The summed E-state index contributed by atoms with van der Waals surface area (Å²) >= 11 is 1.23. The fraction of sp³-hybridized carbons (Fsp3) is 0.273. The van der Waals surface area contributed by atoms with Crippen LogP contribution >= 0.6 is 11.8 Å². The van der Waals surface area contributed by atoms with Gasteiger partial charge in [-0.1, -0.05) is 36.0 Å². The Bertz CT molecular complexity index is 1070. The number of nitrogens with one attached hydrogen (secondary N) is 2. The van der Waals surface area contributed by atoms with Gasteiger partial charge < -0.3 is 15.2 Å². The minimum Gasteiger partial charge on any atom is -0.342 e. The monoisotopic (exact) mass is 441 g/mol. The maximum atomic E-state index is 13.6. The molecule has 0 unspecified atom stereocenters. The molecule has 162 valence electrons. The molecule has 2 aromatic carbocycles. The Morgan fingerprint density at radius 2 is 1.87 bits per heavy atom. The van der Waals surface area contributed by atoms with Crippen LogP contribution in [0.5, 0.6) is 0 Å². The van der Waals surface area contributed by atoms with Crippen LogP contribution in [-0.4, -0.2) is 32.3 Å². The van der Waals surface area contributed by atoms with E-state index in [1.807, 2.05) is 24.5 Å². The Labute approximate surface area is 184 Å². The number of hydrogen-bond acceptors (Lipinski definition) is 5. The highest BCUT2D eigenvalue weighted by atomic mass is 32.2. The first kappa shape index (κ1) is 22.5. The second-order valence-corrected chi connectivity index (χ2v) is 7.84. The van der Waals surface area contributed by atoms with Gasteiger partial charge in [0.05, 0.1) is 11.8 Å². The highest BCUT2D eigenvalue weighted by Gasteiger charge is 2.20. The predicted molar refractivity (Wildman–Crippen MR) is 119 cm³/mol. The van der Waals surface area contributed by atoms with Crippen molar-refractivity contribution in [1.82, 2.24) is 20.1 Å². The number of rotatable bonds is 8. The number of halogens is 1. The van der Waals surface area contributed by atoms with Crippen molar-refractivity contribution < 1.29 is 14.0 Å². The van der Waals surface area contributed by atoms with E-state index < -0.39 is 0 Å². The van der Waals surface area contributed by atoms with Crippen molar-refractivity contribution in [3.05, 3.63) is 71.3 Å². The molecule has 0 spiro atoms. The summed E-state index contributed by atoms with van der Waals surface area (Å²) in [6, 6.07) is 13.1. The average Bonchev–Trinajstić information content (AvgIpc) is 3.19. The summed E-state index contributed by atoms with van der Waals surface area (Å²) in [7, 11) is 0. The normalized spacial score (nSPS) is 11.7. The third-order valence-corrected chi connectivity index (χ3v) is 5.67. The lowest BCUT2D eigenvalue weighted by molar-refractivity contribution is -0.113. The Kier molecular flexibility index (Phi) is 7.41. The summed E-state index contributed by atoms with van der Waals surface area (Å²) in [5, 5.41) is 14.6. The van der Waals surface area contributed by atoms with Crippen LogP contribution in [0, 0.1) is 12.7 Å². The van der Waals surface area contributed by atoms with Crippen molar-refractivity contribution in [3.8, 4) is 0 Å². The summed E-state index contributed by atoms with van der Waals surface area (Å²) in [6.07, 6.45) is 0. The van der Waals surface area contributed by atoms with Gasteiger partial charge >= 0.3 is 0 Å². The molecule has 2 N–H and O–H groups in total. The average molecular weight is 442 g/mol. The summed E-state index contributed by atoms with van der Waals surface area (Å²) in [6.45, 7) is 5.98. The van der Waals surface area contributed by atoms with E-state index in [2.05, 4.69) is 20.8 Å². The van der Waals surface area contributed by atoms with Crippen LogP contribution in [0.25, 0.3) is 0 Å². The Morgan fingerprint density at radius 3 is 2.58 bits per heavy atom. The molecule has 0 bridgehead atoms. The van der Waals surface area contributed by atoms with Gasteiger partial charge in [0.15, 0.2) is 11.0 Å². The van der Waals surface area contributed by atoms with Crippen molar-refractivity contribution in [2.24, 2.45) is 0 Å². The van der Waals surface area contributed by atoms with Gasteiger partial charge in [0.1, 0.15) is 5.82 Å². The molecule has 0 saturated carbocycles. The maximum absolute atomic E-state index is 13.6. The molecule has 0 radical (unpaired) electrons. The van der Waals surface area contributed by atoms with Crippen molar-refractivity contribution in [2.45, 2.75) is 38.5 Å². The number of anilines is 1. The van der Waals surface area contributed by atoms with Gasteiger partial charge in [-0.3, -0.25) is 9.59 Å². The van der Waals surface area contributed by atoms with E-state index in [9.17, 15) is 14.0 Å². The zero-order chi connectivity index (χ0) is 22.4. The number of carbonyl (C=O) groups is 2. The molecule has 9 heteroatoms. The summed E-state index contributed by atoms with van der Waals surface area (Å²) in [5.41, 5.74) is 1.40. The van der Waals surface area contributed by atoms with Gasteiger partial charge in [-0.2, -0.15) is 0 Å². The van der Waals surface area contributed by atoms with E-state index in [0.717, 1.165) is 0 Å². The Hall–Kier alpha value is -3.20. The number of benzene rings is 2. The van der Waals surface area contributed by atoms with Gasteiger partial charge in [0, 0.05) is 23.4 Å². The van der Waals surface area contributed by atoms with Crippen LogP contribution < -0.4 is 10.6 Å². The molecule has 1 heterocycles. The first-order valence-corrected chi connectivity index (χ1v) is 10.9. The molecule has 1 atom stereocenters. The lowest BCUT2D eigenvalue weighted by Gasteiger charge is -2.15. The number of carbonyl (C=O) groups excluding carboxylic acids is 2. The van der Waals surface area contributed by atoms with Gasteiger partial charge in [0.2, 0.25) is 5.91 Å². The van der Waals surface area contributed by atoms with Crippen LogP contribution in [0.3, 0.4) is 0 Å². The molecule has 0 fully saturated rings. The molecule has 31 heavy (non-hydrogen) atoms. The van der Waals surface area contributed by atoms with Gasteiger partial charge in [-0.05, 0) is 45.0 Å². The van der Waals surface area contributed by atoms with Gasteiger partial charge in [-0.15, -0.1) is 10.2 Å². The molecule has 0 aliphatic heterocycles. The number of aromatic nitrogens is 3. The van der Waals surface area contributed by atoms with Crippen LogP contribution in [0.15, 0.2) is 53.7 Å². The summed E-state index contributed by atoms with van der Waals surface area (Å²) in [5.74, 6) is -0.129. The van der Waals surface area contributed by atoms with Crippen LogP contribution in [-0.2, 0) is 11.3 Å². The molecule has 0 saturated heterocycles. The van der Waals surface area contributed by atoms with E-state index in [1.165, 1.54) is 17.8 Å². The van der Waals surface area contributed by atoms with Crippen molar-refractivity contribution in [1.29, 1.82) is 0 Å². The predicted octanol–water partition coefficient (Wildman–Crippen LogP) is 3.97. The summed E-state index contributed by atoms with van der Waals surface area (Å²) < 4.78 is 15.5. The standard InChI is InChI=1S/C22H24FN5O2S/c1-4-28-20(15(3)24-21(30)16-9-6-5-7-10-16)26-27-22(28)31-13-19(29)25-18-12-8-11-17(23)14(18)2/h5-12,15H,4,13H2,1-3H3,(H,24,30)(H,25,29)/t15-/m1/s1. The molecule has 3 aromatic rings. The minimum absolute atomic E-state index is 0.0961. The zero-order valence-corrected chi connectivity index (χ0v) is 18.4. The van der Waals surface area contributed by atoms with Gasteiger partial charge in [-0.25, -0.2) is 4.39 Å². The highest BCUT2D eigenvalue weighted by Crippen LogP contribution is 2.22. The Balaban J connectivity index is 1.63. The minimum atomic E-state index is -0.368. The van der Waals surface area contributed by atoms with E-state index in [1.54, 1.807) is 43.3 Å². The first-order valence-electron chi connectivity index (χ1n) is 9.87. The molecule has 3 rings (SSSR count). The molecular formula is C22H24FN5O2S. The fourth-order valence-electron chi connectivity index (χ4n) is 3.02. The van der Waals surface area contributed by atoms with E-state index in [4.69, 9.17) is 0 Å². The quantitative estimate of drug-likeness (QED) is 0.517. The lowest BCUT2D eigenvalue weighted by Crippen LogP contribution is -2.28. The van der Waals surface area contributed by atoms with Gasteiger partial charge in [0.25, 0.3) is 5.91 Å². The second-order valence-electron chi connectivity index (χ2n) is 6.90. The highest BCUT2D eigenvalue weighted by molar-refractivity contribution is 7.99. The van der Waals surface area contributed by atoms with Crippen molar-refractivity contribution in [3.63, 3.8) is 0 Å². The maximum Gasteiger partial charge on any atom is 0.251 e. The van der Waals surface area contributed by atoms with Crippen LogP contribution in [0.4, 0.5) is 10.1 Å². The molecule has 0 aliphatic rings. The van der Waals surface area contributed by atoms with E-state index in [0.29, 0.717) is 34.3 Å². The second kappa shape index (κ2) is 10.2. The zero-order valence-electron chi connectivity index (χ0n) is 17.6. The number of nitrogens with zero attached hydrogens (tertiary/aromatic N) is 3. The third kappa shape index (κ3) is 5.49. The first-order chi connectivity index (χ1) is 14.9. The third-order valence-electron chi connectivity index (χ3n) is 4.71. The fourth-order valence-corrected chi connectivity index (χ4v) is 3.83. The Morgan fingerprint density at radius 1 is 1.13 bits per heavy atom. The number of hydrogen-bond donors (Lipinski definition) is 2. The summed E-state index contributed by atoms with van der Waals surface area (Å²) in [4.78, 5) is 24.7. The number of amides is 2. The SMILES string of the molecule is CCn1c(SCC(=O)Nc2cccc(F)c2C)nnc1[C@@H](C)NC(=O)c1ccccc1. The lowest BCUT2D eigenvalue weighted by atomic mass is 10.2.